The highest BCUT2D eigenvalue weighted by molar-refractivity contribution is 7.12. The Morgan fingerprint density at radius 3 is 2.52 bits per heavy atom. The number of hydrogen-bond acceptors (Lipinski definition) is 5. The Balaban J connectivity index is 2.26. The molecule has 2 aromatic rings. The molecule has 1 aromatic carbocycles. The fourth-order valence-corrected chi connectivity index (χ4v) is 3.54. The van der Waals surface area contributed by atoms with E-state index in [4.69, 9.17) is 32.8 Å². The van der Waals surface area contributed by atoms with E-state index in [1.54, 1.807) is 24.5 Å². The molecule has 0 radical (unpaired) electrons. The normalized spacial score (nSPS) is 11.8. The molecule has 0 saturated carbocycles. The van der Waals surface area contributed by atoms with Crippen LogP contribution in [0.5, 0.6) is 5.75 Å². The number of rotatable bonds is 9. The van der Waals surface area contributed by atoms with Crippen molar-refractivity contribution in [3.63, 3.8) is 0 Å². The van der Waals surface area contributed by atoms with E-state index < -0.39 is 0 Å². The number of methoxy groups -OCH3 is 1. The van der Waals surface area contributed by atoms with Crippen molar-refractivity contribution in [2.75, 3.05) is 33.4 Å². The average Bonchev–Trinajstić information content (AvgIpc) is 3.16. The molecule has 0 aliphatic heterocycles. The number of halogens is 2. The van der Waals surface area contributed by atoms with Crippen LogP contribution in [-0.4, -0.2) is 44.0 Å². The predicted molar refractivity (Wildman–Crippen MR) is 107 cm³/mol. The lowest BCUT2D eigenvalue weighted by molar-refractivity contribution is 0.114. The molecule has 7 heteroatoms. The monoisotopic (exact) mass is 400 g/mol. The molecule has 0 fully saturated rings. The lowest BCUT2D eigenvalue weighted by atomic mass is 10.1. The molecule has 0 saturated heterocycles. The fourth-order valence-electron chi connectivity index (χ4n) is 2.33. The molecule has 0 bridgehead atoms. The Morgan fingerprint density at radius 1 is 1.16 bits per heavy atom. The Kier molecular flexibility index (Phi) is 8.03. The van der Waals surface area contributed by atoms with Crippen LogP contribution in [0, 0.1) is 0 Å². The third-order valence-electron chi connectivity index (χ3n) is 3.83. The van der Waals surface area contributed by atoms with Gasteiger partial charge in [0.2, 0.25) is 0 Å². The topological polar surface area (TPSA) is 34.1 Å². The smallest absolute Gasteiger partial charge is 0.139 e. The summed E-state index contributed by atoms with van der Waals surface area (Å²) in [6.07, 6.45) is 0. The van der Waals surface area contributed by atoms with Crippen molar-refractivity contribution >= 4 is 40.3 Å². The molecule has 136 valence electrons. The molecule has 4 nitrogen and oxygen atoms in total. The summed E-state index contributed by atoms with van der Waals surface area (Å²) in [4.78, 5) is 8.82. The Labute approximate surface area is 162 Å². The number of ether oxygens (including phenoxy) is 1. The largest absolute Gasteiger partial charge is 0.495 e. The summed E-state index contributed by atoms with van der Waals surface area (Å²) in [5.74, 6) is 0.531. The first-order valence-electron chi connectivity index (χ1n) is 8.10. The molecule has 0 unspecified atom stereocenters. The SMILES string of the molecule is CCN(CC)CCO/N=C(/c1cccs1)c1ccc(OC)c(Cl)c1Cl. The van der Waals surface area contributed by atoms with Gasteiger partial charge in [-0.25, -0.2) is 0 Å². The van der Waals surface area contributed by atoms with Crippen LogP contribution in [0.3, 0.4) is 0 Å². The predicted octanol–water partition coefficient (Wildman–Crippen LogP) is 5.17. The van der Waals surface area contributed by atoms with Gasteiger partial charge in [0, 0.05) is 12.1 Å². The van der Waals surface area contributed by atoms with Gasteiger partial charge in [-0.1, -0.05) is 48.3 Å². The molecular formula is C18H22Cl2N2O2S. The zero-order valence-electron chi connectivity index (χ0n) is 14.6. The second-order valence-corrected chi connectivity index (χ2v) is 6.92. The maximum absolute atomic E-state index is 6.45. The van der Waals surface area contributed by atoms with Crippen molar-refractivity contribution in [2.24, 2.45) is 5.16 Å². The molecule has 0 aliphatic carbocycles. The third-order valence-corrected chi connectivity index (χ3v) is 5.57. The number of thiophene rings is 1. The maximum Gasteiger partial charge on any atom is 0.139 e. The zero-order valence-corrected chi connectivity index (χ0v) is 16.9. The summed E-state index contributed by atoms with van der Waals surface area (Å²) >= 11 is 14.3. The number of oxime groups is 1. The van der Waals surface area contributed by atoms with Gasteiger partial charge >= 0.3 is 0 Å². The van der Waals surface area contributed by atoms with Crippen LogP contribution in [-0.2, 0) is 4.84 Å². The van der Waals surface area contributed by atoms with E-state index in [-0.39, 0.29) is 0 Å². The van der Waals surface area contributed by atoms with Gasteiger partial charge in [0.1, 0.15) is 23.1 Å². The summed E-state index contributed by atoms with van der Waals surface area (Å²) in [5.41, 5.74) is 1.39. The highest BCUT2D eigenvalue weighted by Crippen LogP contribution is 2.36. The third kappa shape index (κ3) is 5.11. The first-order chi connectivity index (χ1) is 12.1. The lowest BCUT2D eigenvalue weighted by Crippen LogP contribution is -2.26. The first kappa shape index (κ1) is 20.0. The van der Waals surface area contributed by atoms with Crippen LogP contribution in [0.15, 0.2) is 34.8 Å². The van der Waals surface area contributed by atoms with E-state index in [1.807, 2.05) is 23.6 Å². The molecule has 1 aromatic heterocycles. The lowest BCUT2D eigenvalue weighted by Gasteiger charge is -2.17. The van der Waals surface area contributed by atoms with E-state index in [0.29, 0.717) is 28.1 Å². The van der Waals surface area contributed by atoms with Crippen LogP contribution < -0.4 is 4.74 Å². The zero-order chi connectivity index (χ0) is 18.2. The average molecular weight is 401 g/mol. The minimum absolute atomic E-state index is 0.370. The minimum atomic E-state index is 0.370. The fraction of sp³-hybridized carbons (Fsp3) is 0.389. The van der Waals surface area contributed by atoms with Gasteiger partial charge in [-0.2, -0.15) is 0 Å². The molecule has 2 rings (SSSR count). The molecule has 0 amide bonds. The molecule has 25 heavy (non-hydrogen) atoms. The van der Waals surface area contributed by atoms with Crippen molar-refractivity contribution in [1.29, 1.82) is 0 Å². The van der Waals surface area contributed by atoms with Crippen LogP contribution in [0.4, 0.5) is 0 Å². The van der Waals surface area contributed by atoms with E-state index >= 15 is 0 Å². The van der Waals surface area contributed by atoms with Crippen molar-refractivity contribution < 1.29 is 9.57 Å². The van der Waals surface area contributed by atoms with Gasteiger partial charge in [0.15, 0.2) is 0 Å². The Morgan fingerprint density at radius 2 is 1.92 bits per heavy atom. The van der Waals surface area contributed by atoms with Gasteiger partial charge in [0.25, 0.3) is 0 Å². The second-order valence-electron chi connectivity index (χ2n) is 5.22. The van der Waals surface area contributed by atoms with Crippen molar-refractivity contribution in [3.8, 4) is 5.75 Å². The highest BCUT2D eigenvalue weighted by Gasteiger charge is 2.18. The summed E-state index contributed by atoms with van der Waals surface area (Å²) < 4.78 is 5.21. The van der Waals surface area contributed by atoms with Crippen molar-refractivity contribution in [1.82, 2.24) is 4.90 Å². The van der Waals surface area contributed by atoms with Gasteiger partial charge < -0.3 is 14.5 Å². The molecule has 0 aliphatic rings. The van der Waals surface area contributed by atoms with Crippen LogP contribution in [0.2, 0.25) is 10.0 Å². The van der Waals surface area contributed by atoms with Crippen LogP contribution in [0.25, 0.3) is 0 Å². The van der Waals surface area contributed by atoms with Gasteiger partial charge in [-0.3, -0.25) is 0 Å². The number of likely N-dealkylation sites (N-methyl/N-ethyl adjacent to an activating group) is 1. The van der Waals surface area contributed by atoms with Crippen molar-refractivity contribution in [2.45, 2.75) is 13.8 Å². The quantitative estimate of drug-likeness (QED) is 0.330. The van der Waals surface area contributed by atoms with Gasteiger partial charge in [-0.05, 0) is 36.7 Å². The number of nitrogens with zero attached hydrogens (tertiary/aromatic N) is 2. The van der Waals surface area contributed by atoms with Gasteiger partial charge in [0.05, 0.1) is 17.0 Å². The number of benzene rings is 1. The van der Waals surface area contributed by atoms with E-state index in [0.717, 1.165) is 30.1 Å². The maximum atomic E-state index is 6.45. The van der Waals surface area contributed by atoms with E-state index in [9.17, 15) is 0 Å². The summed E-state index contributed by atoms with van der Waals surface area (Å²) in [6.45, 7) is 7.57. The van der Waals surface area contributed by atoms with Gasteiger partial charge in [-0.15, -0.1) is 11.3 Å². The van der Waals surface area contributed by atoms with Crippen LogP contribution >= 0.6 is 34.5 Å². The first-order valence-corrected chi connectivity index (χ1v) is 9.74. The molecular weight excluding hydrogens is 379 g/mol. The van der Waals surface area contributed by atoms with Crippen molar-refractivity contribution in [3.05, 3.63) is 50.1 Å². The Bertz CT molecular complexity index is 701. The summed E-state index contributed by atoms with van der Waals surface area (Å²) in [6, 6.07) is 7.57. The molecule has 0 atom stereocenters. The molecule has 0 spiro atoms. The molecule has 1 heterocycles. The minimum Gasteiger partial charge on any atom is -0.495 e. The Hall–Kier alpha value is -1.27. The van der Waals surface area contributed by atoms with E-state index in [1.165, 1.54) is 0 Å². The molecule has 0 N–H and O–H groups in total. The summed E-state index contributed by atoms with van der Waals surface area (Å²) in [7, 11) is 1.56. The second kappa shape index (κ2) is 10.0. The van der Waals surface area contributed by atoms with Crippen LogP contribution in [0.1, 0.15) is 24.3 Å². The van der Waals surface area contributed by atoms with E-state index in [2.05, 4.69) is 23.9 Å². The number of hydrogen-bond donors (Lipinski definition) is 0. The standard InChI is InChI=1S/C18H22Cl2N2O2S/c1-4-22(5-2)10-11-24-21-18(15-7-6-12-25-15)13-8-9-14(23-3)17(20)16(13)19/h6-9,12H,4-5,10-11H2,1-3H3/b21-18+. The highest BCUT2D eigenvalue weighted by atomic mass is 35.5. The summed E-state index contributed by atoms with van der Waals surface area (Å²) in [5, 5.41) is 7.11.